The molecule has 3 nitrogen and oxygen atoms in total. The average molecular weight is 437 g/mol. The van der Waals surface area contributed by atoms with Crippen LogP contribution in [0.25, 0.3) is 10.2 Å². The minimum absolute atomic E-state index is 0.149. The van der Waals surface area contributed by atoms with Crippen molar-refractivity contribution < 1.29 is 9.18 Å². The minimum atomic E-state index is -0.377. The fourth-order valence-corrected chi connectivity index (χ4v) is 5.02. The van der Waals surface area contributed by atoms with Crippen LogP contribution in [0.2, 0.25) is 0 Å². The van der Waals surface area contributed by atoms with Gasteiger partial charge in [0.15, 0.2) is 5.13 Å². The van der Waals surface area contributed by atoms with E-state index < -0.39 is 0 Å². The van der Waals surface area contributed by atoms with E-state index in [-0.39, 0.29) is 11.7 Å². The third-order valence-corrected chi connectivity index (χ3v) is 6.51. The van der Waals surface area contributed by atoms with Crippen LogP contribution in [0.15, 0.2) is 77.7 Å². The predicted octanol–water partition coefficient (Wildman–Crippen LogP) is 6.78. The summed E-state index contributed by atoms with van der Waals surface area (Å²) in [6, 6.07) is 22.3. The number of hydrogen-bond donors (Lipinski definition) is 0. The van der Waals surface area contributed by atoms with Gasteiger partial charge in [-0.15, -0.1) is 11.8 Å². The third kappa shape index (κ3) is 4.55. The summed E-state index contributed by atoms with van der Waals surface area (Å²) in [5.41, 5.74) is 1.88. The topological polar surface area (TPSA) is 33.2 Å². The van der Waals surface area contributed by atoms with Crippen LogP contribution < -0.4 is 4.90 Å². The zero-order chi connectivity index (χ0) is 21.1. The Balaban J connectivity index is 1.74. The van der Waals surface area contributed by atoms with Crippen LogP contribution in [0, 0.1) is 5.82 Å². The number of anilines is 1. The third-order valence-electron chi connectivity index (χ3n) is 4.47. The summed E-state index contributed by atoms with van der Waals surface area (Å²) >= 11 is 3.04. The minimum Gasteiger partial charge on any atom is -0.279 e. The second kappa shape index (κ2) is 8.98. The van der Waals surface area contributed by atoms with Crippen LogP contribution >= 0.6 is 23.1 Å². The van der Waals surface area contributed by atoms with Crippen molar-refractivity contribution in [3.63, 3.8) is 0 Å². The second-order valence-corrected chi connectivity index (χ2v) is 9.81. The van der Waals surface area contributed by atoms with E-state index in [1.807, 2.05) is 60.7 Å². The van der Waals surface area contributed by atoms with Gasteiger partial charge in [-0.25, -0.2) is 9.37 Å². The molecule has 0 N–H and O–H groups in total. The SMILES string of the molecule is CC(C)Sc1cccc(C(=O)N(Cc2ccccc2)c2nc3c(F)cccc3s2)c1. The summed E-state index contributed by atoms with van der Waals surface area (Å²) < 4.78 is 14.9. The molecule has 1 heterocycles. The number of thioether (sulfide) groups is 1. The van der Waals surface area contributed by atoms with Gasteiger partial charge in [-0.05, 0) is 35.9 Å². The molecule has 0 saturated carbocycles. The molecule has 3 aromatic carbocycles. The number of halogens is 1. The van der Waals surface area contributed by atoms with E-state index in [4.69, 9.17) is 0 Å². The summed E-state index contributed by atoms with van der Waals surface area (Å²) in [6.45, 7) is 4.61. The molecule has 1 amide bonds. The highest BCUT2D eigenvalue weighted by atomic mass is 32.2. The average Bonchev–Trinajstić information content (AvgIpc) is 3.17. The number of rotatable bonds is 6. The van der Waals surface area contributed by atoms with Crippen LogP contribution in [-0.2, 0) is 6.54 Å². The quantitative estimate of drug-likeness (QED) is 0.312. The first kappa shape index (κ1) is 20.6. The summed E-state index contributed by atoms with van der Waals surface area (Å²) in [5, 5.41) is 0.911. The lowest BCUT2D eigenvalue weighted by Crippen LogP contribution is -2.30. The Morgan fingerprint density at radius 2 is 1.83 bits per heavy atom. The number of amides is 1. The lowest BCUT2D eigenvalue weighted by atomic mass is 10.1. The molecule has 4 rings (SSSR count). The van der Waals surface area contributed by atoms with Crippen LogP contribution in [0.5, 0.6) is 0 Å². The standard InChI is InChI=1S/C24H21FN2OS2/c1-16(2)29-19-11-6-10-18(14-19)23(28)27(15-17-8-4-3-5-9-17)24-26-22-20(25)12-7-13-21(22)30-24/h3-14,16H,15H2,1-2H3. The van der Waals surface area contributed by atoms with E-state index in [1.54, 1.807) is 22.7 Å². The van der Waals surface area contributed by atoms with Gasteiger partial charge < -0.3 is 0 Å². The Morgan fingerprint density at radius 1 is 1.07 bits per heavy atom. The molecule has 0 bridgehead atoms. The van der Waals surface area contributed by atoms with E-state index in [2.05, 4.69) is 18.8 Å². The van der Waals surface area contributed by atoms with Crippen LogP contribution in [-0.4, -0.2) is 16.1 Å². The van der Waals surface area contributed by atoms with E-state index >= 15 is 0 Å². The maximum absolute atomic E-state index is 14.2. The van der Waals surface area contributed by atoms with E-state index in [0.717, 1.165) is 15.2 Å². The molecule has 0 fully saturated rings. The van der Waals surface area contributed by atoms with Crippen LogP contribution in [0.1, 0.15) is 29.8 Å². The van der Waals surface area contributed by atoms with Gasteiger partial charge in [0.2, 0.25) is 0 Å². The second-order valence-electron chi connectivity index (χ2n) is 7.15. The van der Waals surface area contributed by atoms with Crippen LogP contribution in [0.4, 0.5) is 9.52 Å². The van der Waals surface area contributed by atoms with Crippen molar-refractivity contribution in [3.05, 3.63) is 89.7 Å². The number of carbonyl (C=O) groups is 1. The van der Waals surface area contributed by atoms with E-state index in [1.165, 1.54) is 17.4 Å². The number of benzene rings is 3. The summed E-state index contributed by atoms with van der Waals surface area (Å²) in [4.78, 5) is 20.7. The van der Waals surface area contributed by atoms with E-state index in [9.17, 15) is 9.18 Å². The molecule has 0 saturated heterocycles. The Kier molecular flexibility index (Phi) is 6.16. The van der Waals surface area contributed by atoms with E-state index in [0.29, 0.717) is 28.0 Å². The van der Waals surface area contributed by atoms with Gasteiger partial charge in [0, 0.05) is 15.7 Å². The lowest BCUT2D eigenvalue weighted by molar-refractivity contribution is 0.0985. The zero-order valence-corrected chi connectivity index (χ0v) is 18.3. The molecule has 0 spiro atoms. The largest absolute Gasteiger partial charge is 0.279 e. The Hall–Kier alpha value is -2.70. The molecular formula is C24H21FN2OS2. The highest BCUT2D eigenvalue weighted by Crippen LogP contribution is 2.32. The number of para-hydroxylation sites is 1. The van der Waals surface area contributed by atoms with Crippen LogP contribution in [0.3, 0.4) is 0 Å². The van der Waals surface area contributed by atoms with Gasteiger partial charge in [0.05, 0.1) is 11.2 Å². The normalized spacial score (nSPS) is 11.2. The fourth-order valence-electron chi connectivity index (χ4n) is 3.14. The maximum atomic E-state index is 14.2. The Bertz CT molecular complexity index is 1170. The number of nitrogens with zero attached hydrogens (tertiary/aromatic N) is 2. The van der Waals surface area contributed by atoms with Crippen molar-refractivity contribution in [2.24, 2.45) is 0 Å². The molecular weight excluding hydrogens is 415 g/mol. The van der Waals surface area contributed by atoms with Gasteiger partial charge in [-0.3, -0.25) is 9.69 Å². The predicted molar refractivity (Wildman–Crippen MR) is 124 cm³/mol. The van der Waals surface area contributed by atoms with Crippen molar-refractivity contribution in [3.8, 4) is 0 Å². The molecule has 30 heavy (non-hydrogen) atoms. The van der Waals surface area contributed by atoms with Gasteiger partial charge in [-0.2, -0.15) is 0 Å². The van der Waals surface area contributed by atoms with Crippen molar-refractivity contribution in [1.29, 1.82) is 0 Å². The Labute approximate surface area is 183 Å². The zero-order valence-electron chi connectivity index (χ0n) is 16.7. The fraction of sp³-hybridized carbons (Fsp3) is 0.167. The smallest absolute Gasteiger partial charge is 0.260 e. The lowest BCUT2D eigenvalue weighted by Gasteiger charge is -2.20. The summed E-state index contributed by atoms with van der Waals surface area (Å²) in [7, 11) is 0. The monoisotopic (exact) mass is 436 g/mol. The Morgan fingerprint density at radius 3 is 2.57 bits per heavy atom. The molecule has 0 aliphatic heterocycles. The number of hydrogen-bond acceptors (Lipinski definition) is 4. The van der Waals surface area contributed by atoms with Crippen molar-refractivity contribution in [2.75, 3.05) is 4.90 Å². The maximum Gasteiger partial charge on any atom is 0.260 e. The van der Waals surface area contributed by atoms with Gasteiger partial charge in [0.1, 0.15) is 11.3 Å². The van der Waals surface area contributed by atoms with Gasteiger partial charge >= 0.3 is 0 Å². The van der Waals surface area contributed by atoms with Crippen molar-refractivity contribution >= 4 is 44.4 Å². The molecule has 0 radical (unpaired) electrons. The molecule has 1 aromatic heterocycles. The first-order chi connectivity index (χ1) is 14.5. The summed E-state index contributed by atoms with van der Waals surface area (Å²) in [6.07, 6.45) is 0. The summed E-state index contributed by atoms with van der Waals surface area (Å²) in [5.74, 6) is -0.526. The highest BCUT2D eigenvalue weighted by molar-refractivity contribution is 7.99. The molecule has 0 atom stereocenters. The molecule has 6 heteroatoms. The molecule has 0 unspecified atom stereocenters. The molecule has 4 aromatic rings. The molecule has 0 aliphatic rings. The number of aromatic nitrogens is 1. The van der Waals surface area contributed by atoms with Gasteiger partial charge in [-0.1, -0.05) is 67.6 Å². The first-order valence-corrected chi connectivity index (χ1v) is 11.4. The number of thiazole rings is 1. The first-order valence-electron chi connectivity index (χ1n) is 9.69. The van der Waals surface area contributed by atoms with Gasteiger partial charge in [0.25, 0.3) is 5.91 Å². The molecule has 0 aliphatic carbocycles. The molecule has 152 valence electrons. The highest BCUT2D eigenvalue weighted by Gasteiger charge is 2.23. The van der Waals surface area contributed by atoms with Crippen molar-refractivity contribution in [2.45, 2.75) is 30.5 Å². The number of fused-ring (bicyclic) bond motifs is 1. The number of carbonyl (C=O) groups excluding carboxylic acids is 1. The van der Waals surface area contributed by atoms with Crippen molar-refractivity contribution in [1.82, 2.24) is 4.98 Å².